The molecule has 18 heavy (non-hydrogen) atoms. The SMILES string of the molecule is CC(C)=C[SiH2]O[Si](O)(CCCCl)O[SiH2]C=C(C)C. The zero-order chi connectivity index (χ0) is 14.0. The summed E-state index contributed by atoms with van der Waals surface area (Å²) in [5.74, 6) is 0.538. The number of hydrogen-bond donors (Lipinski definition) is 1. The van der Waals surface area contributed by atoms with Crippen molar-refractivity contribution in [3.63, 3.8) is 0 Å². The van der Waals surface area contributed by atoms with E-state index in [1.165, 1.54) is 11.1 Å². The van der Waals surface area contributed by atoms with Crippen molar-refractivity contribution in [1.29, 1.82) is 0 Å². The third-order valence-electron chi connectivity index (χ3n) is 2.23. The Morgan fingerprint density at radius 1 is 1.11 bits per heavy atom. The first kappa shape index (κ1) is 18.3. The molecule has 0 aromatic carbocycles. The van der Waals surface area contributed by atoms with E-state index < -0.39 is 28.3 Å². The summed E-state index contributed by atoms with van der Waals surface area (Å²) < 4.78 is 11.4. The van der Waals surface area contributed by atoms with E-state index in [2.05, 4.69) is 11.4 Å². The molecule has 0 aliphatic rings. The van der Waals surface area contributed by atoms with E-state index in [0.29, 0.717) is 11.9 Å². The molecule has 0 saturated heterocycles. The molecule has 3 nitrogen and oxygen atoms in total. The second-order valence-electron chi connectivity index (χ2n) is 4.69. The smallest absolute Gasteiger partial charge is 0.418 e. The Hall–Kier alpha value is 0.301. The van der Waals surface area contributed by atoms with Gasteiger partial charge in [0.05, 0.1) is 0 Å². The molecule has 0 bridgehead atoms. The molecule has 0 aromatic heterocycles. The molecule has 0 saturated carbocycles. The van der Waals surface area contributed by atoms with Gasteiger partial charge in [0.15, 0.2) is 19.5 Å². The van der Waals surface area contributed by atoms with Crippen molar-refractivity contribution in [3.05, 3.63) is 22.5 Å². The zero-order valence-corrected chi connectivity index (χ0v) is 16.4. The molecular formula is C11H25ClO3Si3. The predicted molar refractivity (Wildman–Crippen MR) is 86.2 cm³/mol. The highest BCUT2D eigenvalue weighted by atomic mass is 35.5. The molecule has 106 valence electrons. The van der Waals surface area contributed by atoms with Crippen molar-refractivity contribution in [3.8, 4) is 0 Å². The van der Waals surface area contributed by atoms with E-state index in [-0.39, 0.29) is 0 Å². The molecule has 0 aliphatic heterocycles. The van der Waals surface area contributed by atoms with Crippen LogP contribution in [0.1, 0.15) is 34.1 Å². The number of hydrogen-bond acceptors (Lipinski definition) is 3. The predicted octanol–water partition coefficient (Wildman–Crippen LogP) is 1.59. The average molecular weight is 325 g/mol. The van der Waals surface area contributed by atoms with Gasteiger partial charge in [-0.05, 0) is 34.1 Å². The van der Waals surface area contributed by atoms with Gasteiger partial charge >= 0.3 is 8.80 Å². The molecule has 0 heterocycles. The maximum Gasteiger partial charge on any atom is 0.477 e. The summed E-state index contributed by atoms with van der Waals surface area (Å²) in [7, 11) is -4.62. The monoisotopic (exact) mass is 324 g/mol. The van der Waals surface area contributed by atoms with E-state index in [9.17, 15) is 4.80 Å². The highest BCUT2D eigenvalue weighted by Gasteiger charge is 2.34. The summed E-state index contributed by atoms with van der Waals surface area (Å²) in [5, 5.41) is 0. The lowest BCUT2D eigenvalue weighted by atomic mass is 10.4. The van der Waals surface area contributed by atoms with E-state index >= 15 is 0 Å². The van der Waals surface area contributed by atoms with Crippen LogP contribution in [-0.2, 0) is 8.23 Å². The van der Waals surface area contributed by atoms with Crippen LogP contribution in [-0.4, -0.2) is 39.0 Å². The van der Waals surface area contributed by atoms with Crippen molar-refractivity contribution >= 4 is 39.9 Å². The molecule has 0 rings (SSSR count). The van der Waals surface area contributed by atoms with Gasteiger partial charge in [0.25, 0.3) is 0 Å². The quantitative estimate of drug-likeness (QED) is 0.517. The molecule has 0 spiro atoms. The lowest BCUT2D eigenvalue weighted by Gasteiger charge is -2.24. The van der Waals surface area contributed by atoms with Crippen molar-refractivity contribution in [2.75, 3.05) is 5.88 Å². The van der Waals surface area contributed by atoms with E-state index in [1.807, 2.05) is 27.7 Å². The van der Waals surface area contributed by atoms with Crippen LogP contribution in [0, 0.1) is 0 Å². The first-order valence-electron chi connectivity index (χ1n) is 6.22. The molecule has 0 aliphatic carbocycles. The van der Waals surface area contributed by atoms with Crippen LogP contribution in [0.2, 0.25) is 6.04 Å². The third kappa shape index (κ3) is 10.2. The van der Waals surface area contributed by atoms with Crippen LogP contribution < -0.4 is 0 Å². The molecule has 0 aromatic rings. The number of rotatable bonds is 9. The van der Waals surface area contributed by atoms with Gasteiger partial charge in [0.2, 0.25) is 0 Å². The number of halogens is 1. The van der Waals surface area contributed by atoms with Crippen molar-refractivity contribution in [2.45, 2.75) is 40.2 Å². The van der Waals surface area contributed by atoms with Crippen molar-refractivity contribution < 1.29 is 13.0 Å². The Morgan fingerprint density at radius 2 is 1.56 bits per heavy atom. The molecule has 7 heteroatoms. The summed E-state index contributed by atoms with van der Waals surface area (Å²) in [6, 6.07) is 0.573. The summed E-state index contributed by atoms with van der Waals surface area (Å²) in [5.41, 5.74) is 6.64. The minimum atomic E-state index is -2.95. The number of allylic oxidation sites excluding steroid dienone is 2. The molecule has 1 N–H and O–H groups in total. The van der Waals surface area contributed by atoms with Gasteiger partial charge in [-0.1, -0.05) is 22.5 Å². The Labute approximate surface area is 121 Å². The first-order chi connectivity index (χ1) is 8.39. The van der Waals surface area contributed by atoms with Gasteiger partial charge in [0.1, 0.15) is 0 Å². The summed E-state index contributed by atoms with van der Waals surface area (Å²) in [6.07, 6.45) is 0.747. The van der Waals surface area contributed by atoms with Gasteiger partial charge in [-0.3, -0.25) is 0 Å². The fraction of sp³-hybridized carbons (Fsp3) is 0.636. The Balaban J connectivity index is 4.32. The van der Waals surface area contributed by atoms with Gasteiger partial charge in [0, 0.05) is 11.9 Å². The molecule has 0 radical (unpaired) electrons. The van der Waals surface area contributed by atoms with Crippen molar-refractivity contribution in [1.82, 2.24) is 0 Å². The average Bonchev–Trinajstić information content (AvgIpc) is 2.25. The highest BCUT2D eigenvalue weighted by Crippen LogP contribution is 2.13. The summed E-state index contributed by atoms with van der Waals surface area (Å²) in [6.45, 7) is 8.14. The topological polar surface area (TPSA) is 38.7 Å². The first-order valence-corrected chi connectivity index (χ1v) is 11.5. The van der Waals surface area contributed by atoms with Gasteiger partial charge in [-0.2, -0.15) is 0 Å². The normalized spacial score (nSPS) is 15.2. The Bertz CT molecular complexity index is 265. The second kappa shape index (κ2) is 10.1. The minimum absolute atomic E-state index is 0.538. The lowest BCUT2D eigenvalue weighted by Crippen LogP contribution is -2.44. The van der Waals surface area contributed by atoms with E-state index in [0.717, 1.165) is 6.42 Å². The van der Waals surface area contributed by atoms with Crippen molar-refractivity contribution in [2.24, 2.45) is 0 Å². The largest absolute Gasteiger partial charge is 0.477 e. The molecule has 0 amide bonds. The van der Waals surface area contributed by atoms with Gasteiger partial charge in [-0.15, -0.1) is 11.6 Å². The number of alkyl halides is 1. The Kier molecular flexibility index (Phi) is 10.3. The van der Waals surface area contributed by atoms with Crippen LogP contribution in [0.5, 0.6) is 0 Å². The van der Waals surface area contributed by atoms with Crippen LogP contribution in [0.3, 0.4) is 0 Å². The van der Waals surface area contributed by atoms with Gasteiger partial charge in [-0.25, -0.2) is 0 Å². The maximum atomic E-state index is 10.4. The fourth-order valence-electron chi connectivity index (χ4n) is 1.15. The van der Waals surface area contributed by atoms with E-state index in [1.54, 1.807) is 0 Å². The van der Waals surface area contributed by atoms with Crippen LogP contribution >= 0.6 is 11.6 Å². The minimum Gasteiger partial charge on any atom is -0.418 e. The fourth-order valence-corrected chi connectivity index (χ4v) is 7.79. The van der Waals surface area contributed by atoms with Crippen LogP contribution in [0.15, 0.2) is 22.5 Å². The lowest BCUT2D eigenvalue weighted by molar-refractivity contribution is 0.264. The molecule has 0 fully saturated rings. The van der Waals surface area contributed by atoms with E-state index in [4.69, 9.17) is 19.8 Å². The second-order valence-corrected chi connectivity index (χ2v) is 10.8. The van der Waals surface area contributed by atoms with Crippen LogP contribution in [0.4, 0.5) is 0 Å². The third-order valence-corrected chi connectivity index (χ3v) is 10.4. The summed E-state index contributed by atoms with van der Waals surface area (Å²) in [4.78, 5) is 10.4. The van der Waals surface area contributed by atoms with Crippen LogP contribution in [0.25, 0.3) is 0 Å². The summed E-state index contributed by atoms with van der Waals surface area (Å²) >= 11 is 5.68. The molecule has 0 unspecified atom stereocenters. The molecular weight excluding hydrogens is 300 g/mol. The molecule has 0 atom stereocenters. The standard InChI is InChI=1S/C11H25ClO3Si3/c1-10(2)8-16-14-18(13,7-5-6-12)15-17-9-11(3)4/h8-9,13H,5-7,16-17H2,1-4H3. The zero-order valence-electron chi connectivity index (χ0n) is 11.8. The Morgan fingerprint density at radius 3 is 1.89 bits per heavy atom. The highest BCUT2D eigenvalue weighted by molar-refractivity contribution is 6.70. The maximum absolute atomic E-state index is 10.4. The van der Waals surface area contributed by atoms with Gasteiger partial charge < -0.3 is 13.0 Å².